The van der Waals surface area contributed by atoms with Gasteiger partial charge in [0.05, 0.1) is 0 Å². The minimum absolute atomic E-state index is 0.0500. The summed E-state index contributed by atoms with van der Waals surface area (Å²) < 4.78 is 0.956. The zero-order valence-corrected chi connectivity index (χ0v) is 15.3. The number of nitrogens with zero attached hydrogens (tertiary/aromatic N) is 2. The third-order valence-electron chi connectivity index (χ3n) is 4.24. The molecule has 0 aromatic heterocycles. The summed E-state index contributed by atoms with van der Waals surface area (Å²) in [6.45, 7) is 6.84. The van der Waals surface area contributed by atoms with Gasteiger partial charge in [-0.2, -0.15) is 0 Å². The van der Waals surface area contributed by atoms with Crippen LogP contribution in [0.3, 0.4) is 0 Å². The molecule has 0 unspecified atom stereocenters. The Balaban J connectivity index is 1.83. The Labute approximate surface area is 146 Å². The molecule has 1 aromatic rings. The van der Waals surface area contributed by atoms with Crippen molar-refractivity contribution in [3.63, 3.8) is 0 Å². The smallest absolute Gasteiger partial charge is 0.319 e. The van der Waals surface area contributed by atoms with Crippen LogP contribution in [0.4, 0.5) is 4.79 Å². The molecule has 2 rings (SSSR count). The molecule has 1 aromatic carbocycles. The summed E-state index contributed by atoms with van der Waals surface area (Å²) in [4.78, 5) is 28.2. The highest BCUT2D eigenvalue weighted by molar-refractivity contribution is 9.10. The number of hydrogen-bond donors (Lipinski definition) is 1. The molecular weight excluding hydrogens is 358 g/mol. The van der Waals surface area contributed by atoms with E-state index in [1.807, 2.05) is 35.8 Å². The van der Waals surface area contributed by atoms with Crippen LogP contribution in [0, 0.1) is 0 Å². The van der Waals surface area contributed by atoms with Crippen molar-refractivity contribution in [2.24, 2.45) is 0 Å². The lowest BCUT2D eigenvalue weighted by molar-refractivity contribution is 0.0911. The first-order valence-corrected chi connectivity index (χ1v) is 8.94. The van der Waals surface area contributed by atoms with Crippen LogP contribution in [0.25, 0.3) is 0 Å². The second kappa shape index (κ2) is 8.34. The van der Waals surface area contributed by atoms with Crippen LogP contribution in [0.5, 0.6) is 0 Å². The molecule has 6 heteroatoms. The molecule has 126 valence electrons. The third kappa shape index (κ3) is 4.70. The van der Waals surface area contributed by atoms with Gasteiger partial charge in [-0.1, -0.05) is 15.9 Å². The number of piperidine rings is 1. The zero-order valence-electron chi connectivity index (χ0n) is 13.7. The number of rotatable bonds is 4. The van der Waals surface area contributed by atoms with Crippen molar-refractivity contribution >= 4 is 27.9 Å². The van der Waals surface area contributed by atoms with Crippen molar-refractivity contribution in [2.75, 3.05) is 26.2 Å². The summed E-state index contributed by atoms with van der Waals surface area (Å²) in [7, 11) is 0. The Morgan fingerprint density at radius 1 is 1.17 bits per heavy atom. The summed E-state index contributed by atoms with van der Waals surface area (Å²) >= 11 is 3.36. The predicted molar refractivity (Wildman–Crippen MR) is 94.5 cm³/mol. The number of likely N-dealkylation sites (tertiary alicyclic amines) is 1. The maximum atomic E-state index is 12.3. The average molecular weight is 382 g/mol. The number of halogens is 1. The molecule has 23 heavy (non-hydrogen) atoms. The molecule has 0 spiro atoms. The quantitative estimate of drug-likeness (QED) is 0.870. The molecule has 1 N–H and O–H groups in total. The molecule has 3 amide bonds. The maximum Gasteiger partial charge on any atom is 0.319 e. The molecule has 1 saturated heterocycles. The number of urea groups is 1. The van der Waals surface area contributed by atoms with Gasteiger partial charge < -0.3 is 15.1 Å². The number of carbonyl (C=O) groups is 2. The SMILES string of the molecule is CCN(CC)C(=O)N1CCC(NC(=O)c2ccc(Br)cc2)CC1. The van der Waals surface area contributed by atoms with Crippen LogP contribution in [0.15, 0.2) is 28.7 Å². The topological polar surface area (TPSA) is 52.7 Å². The molecule has 5 nitrogen and oxygen atoms in total. The standard InChI is InChI=1S/C17H24BrN3O2/c1-3-20(4-2)17(23)21-11-9-15(10-12-21)19-16(22)13-5-7-14(18)8-6-13/h5-8,15H,3-4,9-12H2,1-2H3,(H,19,22). The Hall–Kier alpha value is -1.56. The van der Waals surface area contributed by atoms with Crippen LogP contribution >= 0.6 is 15.9 Å². The minimum atomic E-state index is -0.0500. The molecule has 0 aliphatic carbocycles. The van der Waals surface area contributed by atoms with Gasteiger partial charge in [-0.3, -0.25) is 4.79 Å². The van der Waals surface area contributed by atoms with Gasteiger partial charge in [0.25, 0.3) is 5.91 Å². The van der Waals surface area contributed by atoms with Gasteiger partial charge in [-0.25, -0.2) is 4.79 Å². The van der Waals surface area contributed by atoms with E-state index < -0.39 is 0 Å². The van der Waals surface area contributed by atoms with E-state index in [1.165, 1.54) is 0 Å². The Morgan fingerprint density at radius 3 is 2.26 bits per heavy atom. The van der Waals surface area contributed by atoms with Crippen LogP contribution in [-0.4, -0.2) is 54.0 Å². The molecule has 0 saturated carbocycles. The first kappa shape index (κ1) is 17.8. The number of benzene rings is 1. The maximum absolute atomic E-state index is 12.3. The fraction of sp³-hybridized carbons (Fsp3) is 0.529. The molecule has 1 aliphatic rings. The third-order valence-corrected chi connectivity index (χ3v) is 4.77. The fourth-order valence-corrected chi connectivity index (χ4v) is 3.04. The lowest BCUT2D eigenvalue weighted by atomic mass is 10.0. The lowest BCUT2D eigenvalue weighted by Gasteiger charge is -2.35. The van der Waals surface area contributed by atoms with Crippen molar-refractivity contribution in [3.8, 4) is 0 Å². The van der Waals surface area contributed by atoms with E-state index in [-0.39, 0.29) is 18.0 Å². The van der Waals surface area contributed by atoms with Gasteiger partial charge in [-0.15, -0.1) is 0 Å². The molecule has 1 aliphatic heterocycles. The van der Waals surface area contributed by atoms with Gasteiger partial charge in [0.1, 0.15) is 0 Å². The molecule has 0 bridgehead atoms. The van der Waals surface area contributed by atoms with Crippen molar-refractivity contribution < 1.29 is 9.59 Å². The molecule has 1 heterocycles. The Kier molecular flexibility index (Phi) is 6.45. The fourth-order valence-electron chi connectivity index (χ4n) is 2.78. The first-order chi connectivity index (χ1) is 11.0. The van der Waals surface area contributed by atoms with E-state index in [4.69, 9.17) is 0 Å². The van der Waals surface area contributed by atoms with Gasteiger partial charge >= 0.3 is 6.03 Å². The largest absolute Gasteiger partial charge is 0.349 e. The van der Waals surface area contributed by atoms with Crippen molar-refractivity contribution in [1.82, 2.24) is 15.1 Å². The summed E-state index contributed by atoms with van der Waals surface area (Å²) in [5, 5.41) is 3.07. The van der Waals surface area contributed by atoms with Crippen LogP contribution in [0.1, 0.15) is 37.0 Å². The van der Waals surface area contributed by atoms with Gasteiger partial charge in [-0.05, 0) is 51.0 Å². The van der Waals surface area contributed by atoms with Gasteiger partial charge in [0, 0.05) is 42.3 Å². The monoisotopic (exact) mass is 381 g/mol. The normalized spacial score (nSPS) is 15.3. The van der Waals surface area contributed by atoms with Crippen LogP contribution in [0.2, 0.25) is 0 Å². The summed E-state index contributed by atoms with van der Waals surface area (Å²) in [6, 6.07) is 7.57. The van der Waals surface area contributed by atoms with Crippen molar-refractivity contribution in [1.29, 1.82) is 0 Å². The van der Waals surface area contributed by atoms with Gasteiger partial charge in [0.2, 0.25) is 0 Å². The lowest BCUT2D eigenvalue weighted by Crippen LogP contribution is -2.50. The molecule has 0 atom stereocenters. The van der Waals surface area contributed by atoms with Gasteiger partial charge in [0.15, 0.2) is 0 Å². The summed E-state index contributed by atoms with van der Waals surface area (Å²) in [5.74, 6) is -0.0500. The number of nitrogens with one attached hydrogen (secondary N) is 1. The van der Waals surface area contributed by atoms with E-state index in [0.717, 1.165) is 30.4 Å². The molecular formula is C17H24BrN3O2. The van der Waals surface area contributed by atoms with Crippen molar-refractivity contribution in [3.05, 3.63) is 34.3 Å². The summed E-state index contributed by atoms with van der Waals surface area (Å²) in [5.41, 5.74) is 0.662. The minimum Gasteiger partial charge on any atom is -0.349 e. The van der Waals surface area contributed by atoms with E-state index in [1.54, 1.807) is 12.1 Å². The highest BCUT2D eigenvalue weighted by atomic mass is 79.9. The van der Waals surface area contributed by atoms with E-state index in [2.05, 4.69) is 21.2 Å². The van der Waals surface area contributed by atoms with Crippen LogP contribution < -0.4 is 5.32 Å². The highest BCUT2D eigenvalue weighted by Crippen LogP contribution is 2.14. The number of carbonyl (C=O) groups excluding carboxylic acids is 2. The van der Waals surface area contributed by atoms with E-state index in [0.29, 0.717) is 18.7 Å². The molecule has 0 radical (unpaired) electrons. The molecule has 1 fully saturated rings. The Morgan fingerprint density at radius 2 is 1.74 bits per heavy atom. The van der Waals surface area contributed by atoms with E-state index >= 15 is 0 Å². The number of hydrogen-bond acceptors (Lipinski definition) is 2. The zero-order chi connectivity index (χ0) is 16.8. The first-order valence-electron chi connectivity index (χ1n) is 8.15. The number of amides is 3. The Bertz CT molecular complexity index is 535. The van der Waals surface area contributed by atoms with Crippen molar-refractivity contribution in [2.45, 2.75) is 32.7 Å². The summed E-state index contributed by atoms with van der Waals surface area (Å²) in [6.07, 6.45) is 1.60. The van der Waals surface area contributed by atoms with Crippen LogP contribution in [-0.2, 0) is 0 Å². The predicted octanol–water partition coefficient (Wildman–Crippen LogP) is 3.11. The highest BCUT2D eigenvalue weighted by Gasteiger charge is 2.26. The second-order valence-corrected chi connectivity index (χ2v) is 6.61. The average Bonchev–Trinajstić information content (AvgIpc) is 2.57. The second-order valence-electron chi connectivity index (χ2n) is 5.70. The van der Waals surface area contributed by atoms with E-state index in [9.17, 15) is 9.59 Å².